The average Bonchev–Trinajstić information content (AvgIpc) is 2.25. The fraction of sp³-hybridized carbons (Fsp3) is 0.333. The van der Waals surface area contributed by atoms with Crippen LogP contribution in [0, 0.1) is 18.3 Å². The van der Waals surface area contributed by atoms with E-state index in [-0.39, 0.29) is 5.41 Å². The van der Waals surface area contributed by atoms with Crippen LogP contribution in [0.15, 0.2) is 24.3 Å². The lowest BCUT2D eigenvalue weighted by Crippen LogP contribution is -2.10. The lowest BCUT2D eigenvalue weighted by atomic mass is 9.86. The number of benzene rings is 1. The van der Waals surface area contributed by atoms with Crippen molar-refractivity contribution in [3.63, 3.8) is 0 Å². The third-order valence-electron chi connectivity index (χ3n) is 2.92. The van der Waals surface area contributed by atoms with Crippen LogP contribution in [-0.4, -0.2) is 4.98 Å². The minimum absolute atomic E-state index is 0.0891. The predicted molar refractivity (Wildman–Crippen MR) is 69.9 cm³/mol. The highest BCUT2D eigenvalue weighted by Gasteiger charge is 2.15. The normalized spacial score (nSPS) is 11.5. The van der Waals surface area contributed by atoms with E-state index in [1.54, 1.807) is 0 Å². The van der Waals surface area contributed by atoms with E-state index in [2.05, 4.69) is 44.0 Å². The van der Waals surface area contributed by atoms with Crippen LogP contribution in [0.4, 0.5) is 0 Å². The number of aryl methyl sites for hydroxylation is 1. The van der Waals surface area contributed by atoms with Crippen LogP contribution in [0.2, 0.25) is 0 Å². The van der Waals surface area contributed by atoms with Crippen LogP contribution in [-0.2, 0) is 5.41 Å². The molecule has 2 aromatic rings. The van der Waals surface area contributed by atoms with Gasteiger partial charge in [0.25, 0.3) is 0 Å². The molecule has 0 bridgehead atoms. The molecule has 0 saturated carbocycles. The molecule has 1 aromatic carbocycles. The van der Waals surface area contributed by atoms with Gasteiger partial charge in [-0.1, -0.05) is 26.8 Å². The minimum Gasteiger partial charge on any atom is -0.253 e. The Kier molecular flexibility index (Phi) is 2.63. The molecule has 0 atom stereocenters. The first-order valence-electron chi connectivity index (χ1n) is 5.74. The summed E-state index contributed by atoms with van der Waals surface area (Å²) in [6.07, 6.45) is 0. The summed E-state index contributed by atoms with van der Waals surface area (Å²) in [6.45, 7) is 8.42. The molecule has 0 aliphatic heterocycles. The summed E-state index contributed by atoms with van der Waals surface area (Å²) >= 11 is 0. The number of hydrogen-bond donors (Lipinski definition) is 0. The highest BCUT2D eigenvalue weighted by Crippen LogP contribution is 2.27. The summed E-state index contributed by atoms with van der Waals surface area (Å²) in [7, 11) is 0. The van der Waals surface area contributed by atoms with E-state index in [1.165, 1.54) is 5.56 Å². The Morgan fingerprint density at radius 3 is 2.47 bits per heavy atom. The van der Waals surface area contributed by atoms with Crippen LogP contribution in [0.1, 0.15) is 37.6 Å². The lowest BCUT2D eigenvalue weighted by Gasteiger charge is -2.19. The maximum absolute atomic E-state index is 9.18. The molecule has 0 spiro atoms. The fourth-order valence-corrected chi connectivity index (χ4v) is 1.92. The van der Waals surface area contributed by atoms with Gasteiger partial charge in [-0.25, -0.2) is 0 Å². The van der Waals surface area contributed by atoms with Crippen LogP contribution in [0.3, 0.4) is 0 Å². The van der Waals surface area contributed by atoms with Crippen molar-refractivity contribution < 1.29 is 0 Å². The Bertz CT molecular complexity index is 613. The van der Waals surface area contributed by atoms with Gasteiger partial charge in [-0.05, 0) is 36.1 Å². The van der Waals surface area contributed by atoms with Gasteiger partial charge in [-0.15, -0.1) is 0 Å². The second-order valence-corrected chi connectivity index (χ2v) is 5.40. The maximum atomic E-state index is 9.18. The molecule has 0 fully saturated rings. The molecule has 2 rings (SSSR count). The topological polar surface area (TPSA) is 36.7 Å². The van der Waals surface area contributed by atoms with E-state index in [1.807, 2.05) is 19.1 Å². The molecule has 2 nitrogen and oxygen atoms in total. The van der Waals surface area contributed by atoms with Gasteiger partial charge in [0.1, 0.15) is 0 Å². The zero-order valence-corrected chi connectivity index (χ0v) is 10.7. The zero-order valence-electron chi connectivity index (χ0n) is 10.7. The highest BCUT2D eigenvalue weighted by molar-refractivity contribution is 5.85. The Morgan fingerprint density at radius 1 is 1.18 bits per heavy atom. The van der Waals surface area contributed by atoms with Gasteiger partial charge in [0, 0.05) is 11.1 Å². The van der Waals surface area contributed by atoms with E-state index in [0.717, 1.165) is 16.6 Å². The molecule has 0 saturated heterocycles. The van der Waals surface area contributed by atoms with Gasteiger partial charge >= 0.3 is 0 Å². The molecular formula is C15H16N2. The van der Waals surface area contributed by atoms with E-state index in [0.29, 0.717) is 5.56 Å². The van der Waals surface area contributed by atoms with Crippen molar-refractivity contribution in [2.75, 3.05) is 0 Å². The van der Waals surface area contributed by atoms with Gasteiger partial charge in [0.2, 0.25) is 0 Å². The molecule has 17 heavy (non-hydrogen) atoms. The minimum atomic E-state index is 0.0891. The molecule has 0 N–H and O–H groups in total. The van der Waals surface area contributed by atoms with E-state index < -0.39 is 0 Å². The Labute approximate surface area is 102 Å². The van der Waals surface area contributed by atoms with Crippen molar-refractivity contribution in [2.24, 2.45) is 0 Å². The standard InChI is InChI=1S/C15H16N2/c1-10-7-11(9-16)13-8-12(15(2,3)4)5-6-14(13)17-10/h5-8H,1-4H3. The van der Waals surface area contributed by atoms with Crippen molar-refractivity contribution in [1.82, 2.24) is 4.98 Å². The van der Waals surface area contributed by atoms with Crippen molar-refractivity contribution in [2.45, 2.75) is 33.1 Å². The number of pyridine rings is 1. The molecular weight excluding hydrogens is 208 g/mol. The van der Waals surface area contributed by atoms with Crippen molar-refractivity contribution in [3.8, 4) is 6.07 Å². The fourth-order valence-electron chi connectivity index (χ4n) is 1.92. The summed E-state index contributed by atoms with van der Waals surface area (Å²) in [5.74, 6) is 0. The van der Waals surface area contributed by atoms with Gasteiger partial charge in [0.15, 0.2) is 0 Å². The van der Waals surface area contributed by atoms with Crippen molar-refractivity contribution in [1.29, 1.82) is 5.26 Å². The number of fused-ring (bicyclic) bond motifs is 1. The number of nitriles is 1. The Hall–Kier alpha value is -1.88. The monoisotopic (exact) mass is 224 g/mol. The molecule has 0 aliphatic carbocycles. The Morgan fingerprint density at radius 2 is 1.88 bits per heavy atom. The van der Waals surface area contributed by atoms with Gasteiger partial charge in [-0.2, -0.15) is 5.26 Å². The van der Waals surface area contributed by atoms with Gasteiger partial charge in [-0.3, -0.25) is 4.98 Å². The van der Waals surface area contributed by atoms with Gasteiger partial charge in [0.05, 0.1) is 17.1 Å². The quantitative estimate of drug-likeness (QED) is 0.684. The molecule has 0 radical (unpaired) electrons. The first kappa shape index (κ1) is 11.6. The van der Waals surface area contributed by atoms with Crippen molar-refractivity contribution in [3.05, 3.63) is 41.1 Å². The molecule has 1 aromatic heterocycles. The second-order valence-electron chi connectivity index (χ2n) is 5.40. The molecule has 2 heteroatoms. The summed E-state index contributed by atoms with van der Waals surface area (Å²) in [6, 6.07) is 10.3. The molecule has 0 aliphatic rings. The highest BCUT2D eigenvalue weighted by atomic mass is 14.7. The predicted octanol–water partition coefficient (Wildman–Crippen LogP) is 3.71. The van der Waals surface area contributed by atoms with Crippen LogP contribution in [0.5, 0.6) is 0 Å². The average molecular weight is 224 g/mol. The van der Waals surface area contributed by atoms with Crippen LogP contribution < -0.4 is 0 Å². The largest absolute Gasteiger partial charge is 0.253 e. The van der Waals surface area contributed by atoms with Crippen LogP contribution in [0.25, 0.3) is 10.9 Å². The first-order chi connectivity index (χ1) is 7.91. The molecule has 86 valence electrons. The second kappa shape index (κ2) is 3.85. The summed E-state index contributed by atoms with van der Waals surface area (Å²) < 4.78 is 0. The smallest absolute Gasteiger partial charge is 0.0999 e. The zero-order chi connectivity index (χ0) is 12.6. The van der Waals surface area contributed by atoms with Gasteiger partial charge < -0.3 is 0 Å². The number of nitrogens with zero attached hydrogens (tertiary/aromatic N) is 2. The van der Waals surface area contributed by atoms with E-state index in [4.69, 9.17) is 0 Å². The molecule has 0 unspecified atom stereocenters. The third-order valence-corrected chi connectivity index (χ3v) is 2.92. The SMILES string of the molecule is Cc1cc(C#N)c2cc(C(C)(C)C)ccc2n1. The first-order valence-corrected chi connectivity index (χ1v) is 5.74. The van der Waals surface area contributed by atoms with Crippen molar-refractivity contribution >= 4 is 10.9 Å². The molecule has 0 amide bonds. The summed E-state index contributed by atoms with van der Waals surface area (Å²) in [4.78, 5) is 4.46. The van der Waals surface area contributed by atoms with Crippen LogP contribution >= 0.6 is 0 Å². The number of hydrogen-bond acceptors (Lipinski definition) is 2. The lowest BCUT2D eigenvalue weighted by molar-refractivity contribution is 0.591. The maximum Gasteiger partial charge on any atom is 0.0999 e. The Balaban J connectivity index is 2.78. The van der Waals surface area contributed by atoms with E-state index >= 15 is 0 Å². The van der Waals surface area contributed by atoms with E-state index in [9.17, 15) is 5.26 Å². The number of rotatable bonds is 0. The number of aromatic nitrogens is 1. The third kappa shape index (κ3) is 2.14. The molecule has 1 heterocycles. The summed E-state index contributed by atoms with van der Waals surface area (Å²) in [5, 5.41) is 10.1. The summed E-state index contributed by atoms with van der Waals surface area (Å²) in [5.41, 5.74) is 3.81.